The van der Waals surface area contributed by atoms with Gasteiger partial charge < -0.3 is 20.1 Å². The maximum absolute atomic E-state index is 15.7. The number of carbonyl (C=O) groups excluding carboxylic acids is 2. The fourth-order valence-corrected chi connectivity index (χ4v) is 5.10. The number of hydrogen-bond donors (Lipinski definition) is 2. The smallest absolute Gasteiger partial charge is 0.367 e. The van der Waals surface area contributed by atoms with Gasteiger partial charge in [0.2, 0.25) is 5.56 Å². The van der Waals surface area contributed by atoms with E-state index in [0.29, 0.717) is 19.3 Å². The molecule has 0 unspecified atom stereocenters. The summed E-state index contributed by atoms with van der Waals surface area (Å²) in [5.74, 6) is -5.60. The van der Waals surface area contributed by atoms with Gasteiger partial charge in [-0.15, -0.1) is 0 Å². The first-order chi connectivity index (χ1) is 20.5. The Morgan fingerprint density at radius 1 is 1.00 bits per heavy atom. The minimum Gasteiger partial charge on any atom is -0.367 e. The van der Waals surface area contributed by atoms with Gasteiger partial charge in [-0.05, 0) is 57.6 Å². The van der Waals surface area contributed by atoms with Gasteiger partial charge >= 0.3 is 6.18 Å². The first-order valence-corrected chi connectivity index (χ1v) is 13.7. The Balaban J connectivity index is 1.86. The Hall–Kier alpha value is -4.33. The van der Waals surface area contributed by atoms with E-state index < -0.39 is 57.7 Å². The average Bonchev–Trinajstić information content (AvgIpc) is 2.94. The number of nitrogens with zero attached hydrogens (tertiary/aromatic N) is 3. The summed E-state index contributed by atoms with van der Waals surface area (Å²) in [5, 5.41) is 2.38. The average molecular weight is 624 g/mol. The molecule has 44 heavy (non-hydrogen) atoms. The van der Waals surface area contributed by atoms with Gasteiger partial charge in [-0.25, -0.2) is 13.2 Å². The Kier molecular flexibility index (Phi) is 9.14. The van der Waals surface area contributed by atoms with Crippen molar-refractivity contribution in [3.63, 3.8) is 0 Å². The third-order valence-electron chi connectivity index (χ3n) is 7.90. The zero-order chi connectivity index (χ0) is 32.7. The lowest BCUT2D eigenvalue weighted by Gasteiger charge is -2.44. The highest BCUT2D eigenvalue weighted by Crippen LogP contribution is 2.38. The molecule has 1 aliphatic rings. The van der Waals surface area contributed by atoms with Crippen LogP contribution in [0.25, 0.3) is 11.1 Å². The molecule has 0 radical (unpaired) electrons. The first kappa shape index (κ1) is 32.6. The molecule has 1 saturated heterocycles. The summed E-state index contributed by atoms with van der Waals surface area (Å²) in [6.45, 7) is 6.35. The third kappa shape index (κ3) is 6.44. The number of pyridine rings is 1. The molecule has 2 aromatic carbocycles. The molecule has 2 N–H and O–H groups in total. The molecule has 2 amide bonds. The number of anilines is 2. The predicted octanol–water partition coefficient (Wildman–Crippen LogP) is 5.35. The van der Waals surface area contributed by atoms with E-state index in [2.05, 4.69) is 15.2 Å². The van der Waals surface area contributed by atoms with E-state index >= 15 is 13.2 Å². The van der Waals surface area contributed by atoms with Crippen molar-refractivity contribution in [1.82, 2.24) is 14.8 Å². The van der Waals surface area contributed by atoms with E-state index in [9.17, 15) is 27.6 Å². The van der Waals surface area contributed by atoms with Gasteiger partial charge in [-0.3, -0.25) is 19.3 Å². The number of likely N-dealkylation sites (N-methyl/N-ethyl adjacent to an activating group) is 1. The van der Waals surface area contributed by atoms with Crippen LogP contribution in [0.5, 0.6) is 0 Å². The highest BCUT2D eigenvalue weighted by Gasteiger charge is 2.36. The summed E-state index contributed by atoms with van der Waals surface area (Å²) in [7, 11) is 3.26. The van der Waals surface area contributed by atoms with E-state index in [1.165, 1.54) is 7.05 Å². The van der Waals surface area contributed by atoms with Crippen LogP contribution in [0.3, 0.4) is 0 Å². The summed E-state index contributed by atoms with van der Waals surface area (Å²) in [6.07, 6.45) is -4.42. The molecule has 2 atom stereocenters. The fourth-order valence-electron chi connectivity index (χ4n) is 5.10. The third-order valence-corrected chi connectivity index (χ3v) is 7.90. The van der Waals surface area contributed by atoms with E-state index in [4.69, 9.17) is 0 Å². The van der Waals surface area contributed by atoms with Crippen LogP contribution in [0.2, 0.25) is 0 Å². The molecule has 8 nitrogen and oxygen atoms in total. The second-order valence-electron chi connectivity index (χ2n) is 10.8. The summed E-state index contributed by atoms with van der Waals surface area (Å²) in [5.41, 5.74) is -4.98. The van der Waals surface area contributed by atoms with Crippen molar-refractivity contribution in [1.29, 1.82) is 0 Å². The lowest BCUT2D eigenvalue weighted by Crippen LogP contribution is -2.55. The number of H-pyrrole nitrogens is 1. The van der Waals surface area contributed by atoms with Crippen molar-refractivity contribution in [2.45, 2.75) is 39.0 Å². The first-order valence-electron chi connectivity index (χ1n) is 13.7. The summed E-state index contributed by atoms with van der Waals surface area (Å²) < 4.78 is 86.9. The quantitative estimate of drug-likeness (QED) is 0.362. The Labute approximate surface area is 249 Å². The number of alkyl halides is 3. The lowest BCUT2D eigenvalue weighted by molar-refractivity contribution is -0.138. The van der Waals surface area contributed by atoms with Crippen LogP contribution in [0.15, 0.2) is 41.3 Å². The van der Waals surface area contributed by atoms with Gasteiger partial charge in [0.25, 0.3) is 11.8 Å². The van der Waals surface area contributed by atoms with E-state index in [1.54, 1.807) is 11.8 Å². The highest BCUT2D eigenvalue weighted by atomic mass is 19.4. The minimum atomic E-state index is -5.04. The maximum atomic E-state index is 15.7. The molecule has 14 heteroatoms. The Morgan fingerprint density at radius 2 is 1.59 bits per heavy atom. The number of halogens is 6. The van der Waals surface area contributed by atoms with Crippen LogP contribution in [-0.2, 0) is 6.18 Å². The standard InChI is InChI=1S/C30H31F6N5O3/c1-6-39(4)29(44)27-22(32)7-17(8-23(27)33)18-9-24(25(11-21(18)31)41-13-15(2)40(5)16(3)14-41)38-28(43)19-12-37-26(42)10-20(19)30(34,35)36/h7-12,15-16H,6,13-14H2,1-5H3,(H,37,42)(H,38,43)/t15-,16+. The number of rotatable bonds is 6. The zero-order valence-electron chi connectivity index (χ0n) is 24.6. The zero-order valence-corrected chi connectivity index (χ0v) is 24.6. The molecule has 2 heterocycles. The van der Waals surface area contributed by atoms with Crippen molar-refractivity contribution in [3.8, 4) is 11.1 Å². The summed E-state index contributed by atoms with van der Waals surface area (Å²) in [6, 6.07) is 3.84. The number of aromatic amines is 1. The fraction of sp³-hybridized carbons (Fsp3) is 0.367. The molecule has 4 rings (SSSR count). The highest BCUT2D eigenvalue weighted by molar-refractivity contribution is 6.07. The van der Waals surface area contributed by atoms with Gasteiger partial charge in [0, 0.05) is 56.6 Å². The molecule has 0 aliphatic carbocycles. The number of aromatic nitrogens is 1. The van der Waals surface area contributed by atoms with Crippen molar-refractivity contribution >= 4 is 23.2 Å². The molecule has 236 valence electrons. The number of amides is 2. The second-order valence-corrected chi connectivity index (χ2v) is 10.8. The molecular formula is C30H31F6N5O3. The maximum Gasteiger partial charge on any atom is 0.417 e. The van der Waals surface area contributed by atoms with Gasteiger partial charge in [-0.2, -0.15) is 13.2 Å². The van der Waals surface area contributed by atoms with E-state index in [0.717, 1.165) is 29.2 Å². The normalized spacial score (nSPS) is 17.5. The number of hydrogen-bond acceptors (Lipinski definition) is 5. The molecule has 0 saturated carbocycles. The van der Waals surface area contributed by atoms with Crippen molar-refractivity contribution in [2.24, 2.45) is 0 Å². The summed E-state index contributed by atoms with van der Waals surface area (Å²) >= 11 is 0. The summed E-state index contributed by atoms with van der Waals surface area (Å²) in [4.78, 5) is 44.3. The van der Waals surface area contributed by atoms with Crippen LogP contribution < -0.4 is 15.8 Å². The van der Waals surface area contributed by atoms with Gasteiger partial charge in [-0.1, -0.05) is 0 Å². The van der Waals surface area contributed by atoms with Gasteiger partial charge in [0.15, 0.2) is 0 Å². The van der Waals surface area contributed by atoms with Crippen molar-refractivity contribution in [2.75, 3.05) is 43.9 Å². The Bertz CT molecular complexity index is 1620. The minimum absolute atomic E-state index is 0.0319. The van der Waals surface area contributed by atoms with Crippen LogP contribution in [0, 0.1) is 17.5 Å². The molecule has 0 bridgehead atoms. The van der Waals surface area contributed by atoms with Crippen molar-refractivity contribution in [3.05, 3.63) is 81.0 Å². The topological polar surface area (TPSA) is 88.8 Å². The molecule has 3 aromatic rings. The van der Waals surface area contributed by atoms with Crippen LogP contribution >= 0.6 is 0 Å². The molecule has 0 spiro atoms. The van der Waals surface area contributed by atoms with Gasteiger partial charge in [0.05, 0.1) is 22.5 Å². The van der Waals surface area contributed by atoms with Crippen LogP contribution in [0.4, 0.5) is 37.7 Å². The SMILES string of the molecule is CCN(C)C(=O)c1c(F)cc(-c2cc(NC(=O)c3c[nH]c(=O)cc3C(F)(F)F)c(N3C[C@@H](C)N(C)[C@@H](C)C3)cc2F)cc1F. The van der Waals surface area contributed by atoms with E-state index in [1.807, 2.05) is 20.9 Å². The molecule has 1 fully saturated rings. The lowest BCUT2D eigenvalue weighted by atomic mass is 9.99. The van der Waals surface area contributed by atoms with Crippen molar-refractivity contribution < 1.29 is 35.9 Å². The molecule has 1 aliphatic heterocycles. The van der Waals surface area contributed by atoms with Crippen LogP contribution in [0.1, 0.15) is 47.1 Å². The molecule has 1 aromatic heterocycles. The number of benzene rings is 2. The van der Waals surface area contributed by atoms with E-state index in [-0.39, 0.29) is 47.2 Å². The number of nitrogens with one attached hydrogen (secondary N) is 2. The number of piperazine rings is 1. The predicted molar refractivity (Wildman–Crippen MR) is 153 cm³/mol. The van der Waals surface area contributed by atoms with Crippen LogP contribution in [-0.4, -0.2) is 72.4 Å². The largest absolute Gasteiger partial charge is 0.417 e. The van der Waals surface area contributed by atoms with Gasteiger partial charge in [0.1, 0.15) is 23.0 Å². The Morgan fingerprint density at radius 3 is 2.14 bits per heavy atom. The number of carbonyl (C=O) groups is 2. The monoisotopic (exact) mass is 623 g/mol. The molecular weight excluding hydrogens is 592 g/mol. The second kappa shape index (κ2) is 12.3.